The standard InChI is InChI=1S/C21H32N2O2S/c1-4-21(2,3)14-10-11-15-16(12-14)26-20(17(15)18(22)24)23-19(25)13-8-6-5-7-9-13/h13-14H,4-12H2,1-3H3,(H2,22,24)(H,23,25). The number of thiophene rings is 1. The van der Waals surface area contributed by atoms with Crippen molar-refractivity contribution in [3.63, 3.8) is 0 Å². The van der Waals surface area contributed by atoms with E-state index in [-0.39, 0.29) is 11.8 Å². The van der Waals surface area contributed by atoms with E-state index < -0.39 is 5.91 Å². The maximum Gasteiger partial charge on any atom is 0.251 e. The summed E-state index contributed by atoms with van der Waals surface area (Å²) in [6.07, 6.45) is 9.47. The van der Waals surface area contributed by atoms with Gasteiger partial charge in [-0.15, -0.1) is 11.3 Å². The number of nitrogens with one attached hydrogen (secondary N) is 1. The Morgan fingerprint density at radius 1 is 1.19 bits per heavy atom. The zero-order chi connectivity index (χ0) is 18.9. The number of carbonyl (C=O) groups excluding carboxylic acids is 2. The molecule has 0 aromatic carbocycles. The fourth-order valence-electron chi connectivity index (χ4n) is 4.47. The molecule has 26 heavy (non-hydrogen) atoms. The summed E-state index contributed by atoms with van der Waals surface area (Å²) < 4.78 is 0. The summed E-state index contributed by atoms with van der Waals surface area (Å²) in [5.74, 6) is 0.350. The van der Waals surface area contributed by atoms with Crippen LogP contribution in [0.1, 0.15) is 86.5 Å². The molecule has 5 heteroatoms. The molecule has 4 nitrogen and oxygen atoms in total. The van der Waals surface area contributed by atoms with Crippen molar-refractivity contribution in [2.75, 3.05) is 5.32 Å². The quantitative estimate of drug-likeness (QED) is 0.766. The van der Waals surface area contributed by atoms with E-state index in [1.807, 2.05) is 0 Å². The van der Waals surface area contributed by atoms with E-state index in [1.165, 1.54) is 11.3 Å². The molecule has 2 aliphatic carbocycles. The number of nitrogens with two attached hydrogens (primary N) is 1. The van der Waals surface area contributed by atoms with Gasteiger partial charge in [0.2, 0.25) is 5.91 Å². The molecule has 2 aliphatic rings. The fraction of sp³-hybridized carbons (Fsp3) is 0.714. The highest BCUT2D eigenvalue weighted by molar-refractivity contribution is 7.17. The highest BCUT2D eigenvalue weighted by Crippen LogP contribution is 2.45. The van der Waals surface area contributed by atoms with Crippen LogP contribution < -0.4 is 11.1 Å². The van der Waals surface area contributed by atoms with Crippen LogP contribution in [0, 0.1) is 17.3 Å². The topological polar surface area (TPSA) is 72.2 Å². The molecule has 1 aromatic rings. The molecular formula is C21H32N2O2S. The summed E-state index contributed by atoms with van der Waals surface area (Å²) in [6.45, 7) is 6.91. The smallest absolute Gasteiger partial charge is 0.251 e. The SMILES string of the molecule is CCC(C)(C)C1CCc2c(sc(NC(=O)C3CCCCC3)c2C(N)=O)C1. The number of hydrogen-bond acceptors (Lipinski definition) is 3. The van der Waals surface area contributed by atoms with Crippen molar-refractivity contribution in [2.24, 2.45) is 23.0 Å². The summed E-state index contributed by atoms with van der Waals surface area (Å²) in [7, 11) is 0. The lowest BCUT2D eigenvalue weighted by Gasteiger charge is -2.36. The number of primary amides is 1. The lowest BCUT2D eigenvalue weighted by atomic mass is 9.69. The van der Waals surface area contributed by atoms with E-state index in [0.717, 1.165) is 56.9 Å². The molecule has 1 saturated carbocycles. The molecular weight excluding hydrogens is 344 g/mol. The van der Waals surface area contributed by atoms with Gasteiger partial charge in [0.15, 0.2) is 0 Å². The molecule has 2 amide bonds. The predicted octanol–water partition coefficient (Wildman–Crippen LogP) is 4.91. The van der Waals surface area contributed by atoms with E-state index in [0.29, 0.717) is 21.9 Å². The lowest BCUT2D eigenvalue weighted by Crippen LogP contribution is -2.29. The molecule has 144 valence electrons. The molecule has 1 heterocycles. The number of anilines is 1. The van der Waals surface area contributed by atoms with Gasteiger partial charge >= 0.3 is 0 Å². The monoisotopic (exact) mass is 376 g/mol. The maximum absolute atomic E-state index is 12.7. The summed E-state index contributed by atoms with van der Waals surface area (Å²) in [5.41, 5.74) is 7.65. The molecule has 0 aliphatic heterocycles. The summed E-state index contributed by atoms with van der Waals surface area (Å²) in [4.78, 5) is 26.0. The Hall–Kier alpha value is -1.36. The van der Waals surface area contributed by atoms with Gasteiger partial charge in [0, 0.05) is 10.8 Å². The van der Waals surface area contributed by atoms with Crippen molar-refractivity contribution in [1.29, 1.82) is 0 Å². The van der Waals surface area contributed by atoms with Gasteiger partial charge in [-0.25, -0.2) is 0 Å². The third kappa shape index (κ3) is 3.83. The highest BCUT2D eigenvalue weighted by atomic mass is 32.1. The summed E-state index contributed by atoms with van der Waals surface area (Å²) in [6, 6.07) is 0. The highest BCUT2D eigenvalue weighted by Gasteiger charge is 2.35. The second kappa shape index (κ2) is 7.71. The van der Waals surface area contributed by atoms with Gasteiger partial charge in [-0.1, -0.05) is 46.5 Å². The predicted molar refractivity (Wildman–Crippen MR) is 108 cm³/mol. The number of fused-ring (bicyclic) bond motifs is 1. The van der Waals surface area contributed by atoms with Crippen LogP contribution in [0.4, 0.5) is 5.00 Å². The zero-order valence-corrected chi connectivity index (χ0v) is 17.1. The molecule has 0 saturated heterocycles. The first kappa shape index (κ1) is 19.4. The largest absolute Gasteiger partial charge is 0.365 e. The van der Waals surface area contributed by atoms with E-state index in [4.69, 9.17) is 5.73 Å². The van der Waals surface area contributed by atoms with Crippen molar-refractivity contribution in [3.05, 3.63) is 16.0 Å². The Kier molecular flexibility index (Phi) is 5.75. The minimum absolute atomic E-state index is 0.0660. The first-order chi connectivity index (χ1) is 12.3. The van der Waals surface area contributed by atoms with E-state index in [2.05, 4.69) is 26.1 Å². The summed E-state index contributed by atoms with van der Waals surface area (Å²) in [5, 5.41) is 3.75. The van der Waals surface area contributed by atoms with Gasteiger partial charge in [0.05, 0.1) is 5.56 Å². The molecule has 1 unspecified atom stereocenters. The van der Waals surface area contributed by atoms with Gasteiger partial charge < -0.3 is 11.1 Å². The second-order valence-corrected chi connectivity index (χ2v) is 9.78. The van der Waals surface area contributed by atoms with Gasteiger partial charge in [-0.2, -0.15) is 0 Å². The Morgan fingerprint density at radius 3 is 2.50 bits per heavy atom. The van der Waals surface area contributed by atoms with Crippen molar-refractivity contribution in [3.8, 4) is 0 Å². The Morgan fingerprint density at radius 2 is 1.88 bits per heavy atom. The van der Waals surface area contributed by atoms with Crippen molar-refractivity contribution in [1.82, 2.24) is 0 Å². The minimum atomic E-state index is -0.408. The van der Waals surface area contributed by atoms with Crippen molar-refractivity contribution < 1.29 is 9.59 Å². The molecule has 1 fully saturated rings. The average molecular weight is 377 g/mol. The fourth-order valence-corrected chi connectivity index (χ4v) is 5.80. The van der Waals surface area contributed by atoms with Crippen LogP contribution in [0.2, 0.25) is 0 Å². The molecule has 0 radical (unpaired) electrons. The first-order valence-electron chi connectivity index (χ1n) is 10.1. The second-order valence-electron chi connectivity index (χ2n) is 8.68. The first-order valence-corrected chi connectivity index (χ1v) is 10.9. The van der Waals surface area contributed by atoms with Crippen LogP contribution in [0.15, 0.2) is 0 Å². The number of rotatable bonds is 5. The van der Waals surface area contributed by atoms with E-state index in [9.17, 15) is 9.59 Å². The Balaban J connectivity index is 1.83. The van der Waals surface area contributed by atoms with Crippen LogP contribution in [-0.2, 0) is 17.6 Å². The molecule has 1 atom stereocenters. The molecule has 3 N–H and O–H groups in total. The number of carbonyl (C=O) groups is 2. The normalized spacial score (nSPS) is 21.3. The van der Waals surface area contributed by atoms with Crippen LogP contribution >= 0.6 is 11.3 Å². The average Bonchev–Trinajstić information content (AvgIpc) is 2.99. The molecule has 0 bridgehead atoms. The van der Waals surface area contributed by atoms with Crippen LogP contribution in [0.25, 0.3) is 0 Å². The van der Waals surface area contributed by atoms with Crippen LogP contribution in [0.3, 0.4) is 0 Å². The van der Waals surface area contributed by atoms with Crippen molar-refractivity contribution in [2.45, 2.75) is 78.6 Å². The van der Waals surface area contributed by atoms with Crippen molar-refractivity contribution >= 4 is 28.2 Å². The number of amides is 2. The van der Waals surface area contributed by atoms with Gasteiger partial charge in [-0.3, -0.25) is 9.59 Å². The van der Waals surface area contributed by atoms with Crippen LogP contribution in [0.5, 0.6) is 0 Å². The third-order valence-corrected chi connectivity index (χ3v) is 7.91. The molecule has 3 rings (SSSR count). The zero-order valence-electron chi connectivity index (χ0n) is 16.3. The van der Waals surface area contributed by atoms with Gasteiger partial charge in [-0.05, 0) is 49.0 Å². The third-order valence-electron chi connectivity index (χ3n) is 6.74. The van der Waals surface area contributed by atoms with Gasteiger partial charge in [0.1, 0.15) is 5.00 Å². The Labute approximate surface area is 160 Å². The maximum atomic E-state index is 12.7. The van der Waals surface area contributed by atoms with Gasteiger partial charge in [0.25, 0.3) is 5.91 Å². The molecule has 1 aromatic heterocycles. The van der Waals surface area contributed by atoms with E-state index >= 15 is 0 Å². The Bertz CT molecular complexity index is 686. The number of hydrogen-bond donors (Lipinski definition) is 2. The lowest BCUT2D eigenvalue weighted by molar-refractivity contribution is -0.120. The van der Waals surface area contributed by atoms with Crippen LogP contribution in [-0.4, -0.2) is 11.8 Å². The van der Waals surface area contributed by atoms with E-state index in [1.54, 1.807) is 11.3 Å². The minimum Gasteiger partial charge on any atom is -0.365 e. The summed E-state index contributed by atoms with van der Waals surface area (Å²) >= 11 is 1.58. The molecule has 0 spiro atoms.